The minimum atomic E-state index is -2.58. The van der Waals surface area contributed by atoms with E-state index in [0.29, 0.717) is 23.4 Å². The topological polar surface area (TPSA) is 30.3 Å². The molecule has 1 aliphatic rings. The number of imidazole rings is 1. The largest absolute Gasteiger partial charge is 0.373 e. The monoisotopic (exact) mass is 295 g/mol. The first-order valence-corrected chi connectivity index (χ1v) is 7.16. The van der Waals surface area contributed by atoms with Crippen molar-refractivity contribution in [3.05, 3.63) is 30.1 Å². The number of aromatic nitrogens is 2. The fourth-order valence-corrected chi connectivity index (χ4v) is 3.04. The van der Waals surface area contributed by atoms with Gasteiger partial charge in [-0.25, -0.2) is 4.98 Å². The van der Waals surface area contributed by atoms with Crippen LogP contribution in [0.3, 0.4) is 0 Å². The summed E-state index contributed by atoms with van der Waals surface area (Å²) in [4.78, 5) is 6.50. The van der Waals surface area contributed by atoms with E-state index in [9.17, 15) is 8.78 Å². The molecule has 0 saturated carbocycles. The minimum absolute atomic E-state index is 0.109. The molecular weight excluding hydrogens is 276 g/mol. The normalized spacial score (nSPS) is 24.0. The Morgan fingerprint density at radius 1 is 1.24 bits per heavy atom. The number of morpholine rings is 1. The lowest BCUT2D eigenvalue weighted by molar-refractivity contribution is -0.0719. The molecule has 114 valence electrons. The number of hydrogen-bond donors (Lipinski definition) is 0. The molecule has 1 saturated heterocycles. The van der Waals surface area contributed by atoms with Gasteiger partial charge in [-0.2, -0.15) is 8.78 Å². The highest BCUT2D eigenvalue weighted by Gasteiger charge is 2.25. The zero-order valence-corrected chi connectivity index (χ0v) is 12.2. The number of rotatable bonds is 3. The molecule has 2 atom stereocenters. The Kier molecular flexibility index (Phi) is 3.91. The van der Waals surface area contributed by atoms with E-state index in [0.717, 1.165) is 17.7 Å². The number of benzene rings is 1. The average Bonchev–Trinajstić information content (AvgIpc) is 2.75. The van der Waals surface area contributed by atoms with Crippen molar-refractivity contribution < 1.29 is 13.5 Å². The van der Waals surface area contributed by atoms with E-state index in [1.807, 2.05) is 19.9 Å². The number of ether oxygens (including phenoxy) is 1. The molecule has 0 N–H and O–H groups in total. The van der Waals surface area contributed by atoms with Crippen LogP contribution in [0.4, 0.5) is 8.78 Å². The van der Waals surface area contributed by atoms with Gasteiger partial charge in [0.15, 0.2) is 0 Å². The predicted octanol–water partition coefficient (Wildman–Crippen LogP) is 3.04. The fourth-order valence-electron chi connectivity index (χ4n) is 3.04. The predicted molar refractivity (Wildman–Crippen MR) is 76.3 cm³/mol. The number of alkyl halides is 2. The summed E-state index contributed by atoms with van der Waals surface area (Å²) in [6.07, 6.45) is 0.219. The van der Waals surface area contributed by atoms with E-state index in [4.69, 9.17) is 4.74 Å². The third kappa shape index (κ3) is 2.91. The summed E-state index contributed by atoms with van der Waals surface area (Å²) in [6.45, 7) is 3.30. The van der Waals surface area contributed by atoms with Gasteiger partial charge in [0.1, 0.15) is 5.82 Å². The molecule has 4 nitrogen and oxygen atoms in total. The van der Waals surface area contributed by atoms with Crippen molar-refractivity contribution in [3.8, 4) is 0 Å². The van der Waals surface area contributed by atoms with Crippen molar-refractivity contribution in [2.75, 3.05) is 13.1 Å². The number of fused-ring (bicyclic) bond motifs is 1. The zero-order valence-electron chi connectivity index (χ0n) is 12.2. The summed E-state index contributed by atoms with van der Waals surface area (Å²) in [6, 6.07) is 7.02. The average molecular weight is 295 g/mol. The molecule has 2 heterocycles. The van der Waals surface area contributed by atoms with Gasteiger partial charge in [0.25, 0.3) is 0 Å². The molecule has 6 heteroatoms. The van der Waals surface area contributed by atoms with Crippen LogP contribution in [0, 0.1) is 0 Å². The Hall–Kier alpha value is -1.53. The molecular formula is C15H19F2N3O. The number of hydrogen-bond acceptors (Lipinski definition) is 3. The molecule has 1 aromatic carbocycles. The Morgan fingerprint density at radius 3 is 2.57 bits per heavy atom. The summed E-state index contributed by atoms with van der Waals surface area (Å²) in [5.41, 5.74) is 1.10. The standard InChI is InChI=1S/C15H19F2N3O/c1-10-7-19(8-11(2)21-10)9-14-18-12-5-3-4-6-13(12)20(14)15(16)17/h3-6,10-11,15H,7-9H2,1-2H3/t10-,11+. The van der Waals surface area contributed by atoms with Crippen molar-refractivity contribution in [1.82, 2.24) is 14.5 Å². The highest BCUT2D eigenvalue weighted by atomic mass is 19.3. The Morgan fingerprint density at radius 2 is 1.90 bits per heavy atom. The van der Waals surface area contributed by atoms with Crippen LogP contribution in [-0.2, 0) is 11.3 Å². The van der Waals surface area contributed by atoms with Crippen molar-refractivity contribution >= 4 is 11.0 Å². The van der Waals surface area contributed by atoms with E-state index >= 15 is 0 Å². The van der Waals surface area contributed by atoms with E-state index in [-0.39, 0.29) is 12.2 Å². The summed E-state index contributed by atoms with van der Waals surface area (Å²) < 4.78 is 33.5. The second kappa shape index (κ2) is 5.69. The highest BCUT2D eigenvalue weighted by Crippen LogP contribution is 2.24. The molecule has 1 aromatic heterocycles. The third-order valence-corrected chi connectivity index (χ3v) is 3.72. The molecule has 0 amide bonds. The second-order valence-corrected chi connectivity index (χ2v) is 5.62. The van der Waals surface area contributed by atoms with Crippen LogP contribution in [0.2, 0.25) is 0 Å². The number of halogens is 2. The van der Waals surface area contributed by atoms with Crippen LogP contribution >= 0.6 is 0 Å². The lowest BCUT2D eigenvalue weighted by Crippen LogP contribution is -2.45. The van der Waals surface area contributed by atoms with Gasteiger partial charge in [-0.15, -0.1) is 0 Å². The van der Waals surface area contributed by atoms with Crippen LogP contribution in [0.15, 0.2) is 24.3 Å². The summed E-state index contributed by atoms with van der Waals surface area (Å²) >= 11 is 0. The molecule has 21 heavy (non-hydrogen) atoms. The van der Waals surface area contributed by atoms with Crippen LogP contribution in [0.5, 0.6) is 0 Å². The van der Waals surface area contributed by atoms with Gasteiger partial charge >= 0.3 is 6.55 Å². The molecule has 0 radical (unpaired) electrons. The number of para-hydroxylation sites is 2. The SMILES string of the molecule is C[C@@H]1CN(Cc2nc3ccccc3n2C(F)F)C[C@H](C)O1. The molecule has 2 aromatic rings. The Labute approximate surface area is 122 Å². The first kappa shape index (κ1) is 14.4. The van der Waals surface area contributed by atoms with Crippen molar-refractivity contribution in [2.45, 2.75) is 39.1 Å². The molecule has 1 fully saturated rings. The van der Waals surface area contributed by atoms with Gasteiger partial charge < -0.3 is 4.74 Å². The maximum atomic E-state index is 13.4. The second-order valence-electron chi connectivity index (χ2n) is 5.62. The van der Waals surface area contributed by atoms with E-state index < -0.39 is 6.55 Å². The molecule has 0 bridgehead atoms. The maximum Gasteiger partial charge on any atom is 0.320 e. The zero-order chi connectivity index (χ0) is 15.0. The molecule has 0 unspecified atom stereocenters. The van der Waals surface area contributed by atoms with Gasteiger partial charge in [-0.3, -0.25) is 9.47 Å². The number of nitrogens with zero attached hydrogens (tertiary/aromatic N) is 3. The van der Waals surface area contributed by atoms with Gasteiger partial charge in [-0.05, 0) is 26.0 Å². The molecule has 3 rings (SSSR count). The van der Waals surface area contributed by atoms with Crippen LogP contribution < -0.4 is 0 Å². The van der Waals surface area contributed by atoms with Crippen LogP contribution in [-0.4, -0.2) is 39.7 Å². The molecule has 0 spiro atoms. The van der Waals surface area contributed by atoms with Crippen LogP contribution in [0.25, 0.3) is 11.0 Å². The van der Waals surface area contributed by atoms with E-state index in [2.05, 4.69) is 9.88 Å². The Bertz CT molecular complexity index is 618. The summed E-state index contributed by atoms with van der Waals surface area (Å²) in [5.74, 6) is 0.410. The van der Waals surface area contributed by atoms with Gasteiger partial charge in [-0.1, -0.05) is 12.1 Å². The lowest BCUT2D eigenvalue weighted by atomic mass is 10.2. The van der Waals surface area contributed by atoms with E-state index in [1.165, 1.54) is 0 Å². The summed E-state index contributed by atoms with van der Waals surface area (Å²) in [5, 5.41) is 0. The smallest absolute Gasteiger partial charge is 0.320 e. The summed E-state index contributed by atoms with van der Waals surface area (Å²) in [7, 11) is 0. The molecule has 0 aliphatic carbocycles. The lowest BCUT2D eigenvalue weighted by Gasteiger charge is -2.35. The van der Waals surface area contributed by atoms with Gasteiger partial charge in [0.2, 0.25) is 0 Å². The maximum absolute atomic E-state index is 13.4. The highest BCUT2D eigenvalue weighted by molar-refractivity contribution is 5.75. The van der Waals surface area contributed by atoms with Crippen LogP contribution in [0.1, 0.15) is 26.2 Å². The van der Waals surface area contributed by atoms with Crippen molar-refractivity contribution in [3.63, 3.8) is 0 Å². The first-order chi connectivity index (χ1) is 10.0. The quantitative estimate of drug-likeness (QED) is 0.872. The minimum Gasteiger partial charge on any atom is -0.373 e. The third-order valence-electron chi connectivity index (χ3n) is 3.72. The first-order valence-electron chi connectivity index (χ1n) is 7.16. The van der Waals surface area contributed by atoms with Crippen molar-refractivity contribution in [1.29, 1.82) is 0 Å². The van der Waals surface area contributed by atoms with E-state index in [1.54, 1.807) is 18.2 Å². The fraction of sp³-hybridized carbons (Fsp3) is 0.533. The molecule has 1 aliphatic heterocycles. The van der Waals surface area contributed by atoms with Gasteiger partial charge in [0, 0.05) is 13.1 Å². The van der Waals surface area contributed by atoms with Gasteiger partial charge in [0.05, 0.1) is 29.8 Å². The van der Waals surface area contributed by atoms with Crippen molar-refractivity contribution in [2.24, 2.45) is 0 Å². The Balaban J connectivity index is 1.91.